The number of hydrogen-bond donors (Lipinski definition) is 3. The normalized spacial score (nSPS) is 10.1. The predicted octanol–water partition coefficient (Wildman–Crippen LogP) is 0.586. The van der Waals surface area contributed by atoms with Crippen LogP contribution in [0.5, 0.6) is 0 Å². The van der Waals surface area contributed by atoms with Crippen LogP contribution in [0, 0.1) is 15.3 Å². The van der Waals surface area contributed by atoms with Gasteiger partial charge in [0.2, 0.25) is 0 Å². The number of rotatable bonds is 2. The molecule has 4 N–H and O–H groups in total. The maximum absolute atomic E-state index is 8.25. The first-order valence-electron chi connectivity index (χ1n) is 5.66. The van der Waals surface area contributed by atoms with E-state index in [2.05, 4.69) is 10.3 Å². The van der Waals surface area contributed by atoms with Crippen molar-refractivity contribution in [2.75, 3.05) is 5.32 Å². The monoisotopic (exact) mass is 274 g/mol. The van der Waals surface area contributed by atoms with E-state index in [0.717, 1.165) is 11.4 Å². The largest absolute Gasteiger partial charge is 0.356 e. The first-order chi connectivity index (χ1) is 9.58. The summed E-state index contributed by atoms with van der Waals surface area (Å²) in [5.74, 6) is 0.511. The van der Waals surface area contributed by atoms with Gasteiger partial charge in [-0.3, -0.25) is 5.73 Å². The van der Waals surface area contributed by atoms with E-state index in [0.29, 0.717) is 5.96 Å². The fraction of sp³-hybridized carbons (Fsp3) is 0. The molecule has 2 aromatic carbocycles. The molecule has 0 aliphatic heterocycles. The highest BCUT2D eigenvalue weighted by Gasteiger charge is 2.00. The topological polar surface area (TPSA) is 118 Å². The molecule has 0 atom stereocenters. The van der Waals surface area contributed by atoms with Gasteiger partial charge in [0, 0.05) is 0 Å². The molecular weight excluding hydrogens is 260 g/mol. The summed E-state index contributed by atoms with van der Waals surface area (Å²) >= 11 is 0. The van der Waals surface area contributed by atoms with Crippen molar-refractivity contribution >= 4 is 17.3 Å². The van der Waals surface area contributed by atoms with E-state index >= 15 is 0 Å². The van der Waals surface area contributed by atoms with E-state index in [-0.39, 0.29) is 0 Å². The van der Waals surface area contributed by atoms with Crippen molar-refractivity contribution in [2.45, 2.75) is 0 Å². The van der Waals surface area contributed by atoms with E-state index < -0.39 is 5.09 Å². The third-order valence-electron chi connectivity index (χ3n) is 2.11. The number of para-hydroxylation sites is 2. The lowest BCUT2D eigenvalue weighted by Crippen LogP contribution is -2.71. The minimum absolute atomic E-state index is 0.511. The minimum Gasteiger partial charge on any atom is -0.356 e. The van der Waals surface area contributed by atoms with Crippen molar-refractivity contribution in [3.63, 3.8) is 0 Å². The Morgan fingerprint density at radius 1 is 1.00 bits per heavy atom. The Morgan fingerprint density at radius 2 is 1.45 bits per heavy atom. The zero-order valence-electron chi connectivity index (χ0n) is 10.5. The van der Waals surface area contributed by atoms with Gasteiger partial charge in [0.1, 0.15) is 0 Å². The summed E-state index contributed by atoms with van der Waals surface area (Å²) in [6.07, 6.45) is 0. The summed E-state index contributed by atoms with van der Waals surface area (Å²) in [6, 6.07) is 19.6. The molecule has 0 radical (unpaired) electrons. The lowest BCUT2D eigenvalue weighted by atomic mass is 10.3. The van der Waals surface area contributed by atoms with E-state index in [1.54, 1.807) is 0 Å². The summed E-state index contributed by atoms with van der Waals surface area (Å²) in [4.78, 5) is 11.3. The second-order valence-electron chi connectivity index (χ2n) is 3.62. The highest BCUT2D eigenvalue weighted by atomic mass is 16.9. The number of anilines is 1. The maximum Gasteiger partial charge on any atom is 0.350 e. The van der Waals surface area contributed by atoms with Gasteiger partial charge in [-0.1, -0.05) is 36.4 Å². The predicted molar refractivity (Wildman–Crippen MR) is 76.7 cm³/mol. The quantitative estimate of drug-likeness (QED) is 0.320. The number of nitrogens with two attached hydrogens (primary N) is 1. The van der Waals surface area contributed by atoms with Crippen molar-refractivity contribution in [1.82, 2.24) is 0 Å². The molecule has 20 heavy (non-hydrogen) atoms. The number of nitrogens with one attached hydrogen (secondary N) is 2. The van der Waals surface area contributed by atoms with E-state index in [1.165, 1.54) is 0 Å². The van der Waals surface area contributed by atoms with Gasteiger partial charge in [-0.15, -0.1) is 0 Å². The zero-order chi connectivity index (χ0) is 14.8. The summed E-state index contributed by atoms with van der Waals surface area (Å²) < 4.78 is 0. The molecular formula is C13H14N4O3. The molecule has 0 bridgehead atoms. The molecule has 0 saturated heterocycles. The molecule has 0 unspecified atom stereocenters. The summed E-state index contributed by atoms with van der Waals surface area (Å²) in [5.41, 5.74) is 7.76. The standard InChI is InChI=1S/C13H13N3.NO3/c14-13(15-11-7-3-1-4-8-11)16-12-9-5-2-6-10-12;2-1(3)4/h1-10H,(H3,14,15,16);/q;-1/p+1. The fourth-order valence-electron chi connectivity index (χ4n) is 1.39. The molecule has 2 rings (SSSR count). The number of guanidine groups is 1. The van der Waals surface area contributed by atoms with Gasteiger partial charge in [-0.25, -0.2) is 10.3 Å². The first kappa shape index (κ1) is 15.0. The van der Waals surface area contributed by atoms with Gasteiger partial charge < -0.3 is 15.3 Å². The third-order valence-corrected chi connectivity index (χ3v) is 2.11. The minimum atomic E-state index is -1.75. The molecule has 0 saturated carbocycles. The Labute approximate surface area is 115 Å². The Balaban J connectivity index is 0.000000444. The van der Waals surface area contributed by atoms with Gasteiger partial charge in [-0.05, 0) is 24.3 Å². The molecule has 0 fully saturated rings. The van der Waals surface area contributed by atoms with Gasteiger partial charge in [-0.2, -0.15) is 0 Å². The van der Waals surface area contributed by atoms with Crippen molar-refractivity contribution in [1.29, 1.82) is 0 Å². The molecule has 0 aliphatic rings. The maximum atomic E-state index is 8.25. The Kier molecular flexibility index (Phi) is 6.05. The van der Waals surface area contributed by atoms with Gasteiger partial charge in [0.25, 0.3) is 0 Å². The van der Waals surface area contributed by atoms with Crippen LogP contribution in [-0.4, -0.2) is 11.0 Å². The Bertz CT molecular complexity index is 554. The Morgan fingerprint density at radius 3 is 1.95 bits per heavy atom. The van der Waals surface area contributed by atoms with Crippen LogP contribution in [0.4, 0.5) is 11.4 Å². The van der Waals surface area contributed by atoms with Crippen LogP contribution in [-0.2, 0) is 0 Å². The van der Waals surface area contributed by atoms with Crippen molar-refractivity contribution in [2.24, 2.45) is 5.73 Å². The summed E-state index contributed by atoms with van der Waals surface area (Å²) in [7, 11) is 0. The highest BCUT2D eigenvalue weighted by Crippen LogP contribution is 2.03. The summed E-state index contributed by atoms with van der Waals surface area (Å²) in [6.45, 7) is 0. The van der Waals surface area contributed by atoms with Gasteiger partial charge in [0.15, 0.2) is 0 Å². The highest BCUT2D eigenvalue weighted by molar-refractivity contribution is 5.88. The number of nitrogens with zero attached hydrogens (tertiary/aromatic N) is 1. The molecule has 7 nitrogen and oxygen atoms in total. The van der Waals surface area contributed by atoms with Crippen LogP contribution >= 0.6 is 0 Å². The molecule has 0 amide bonds. The second kappa shape index (κ2) is 8.09. The molecule has 7 heteroatoms. The van der Waals surface area contributed by atoms with Gasteiger partial charge in [0.05, 0.1) is 16.5 Å². The fourth-order valence-corrected chi connectivity index (χ4v) is 1.39. The van der Waals surface area contributed by atoms with Crippen LogP contribution in [0.25, 0.3) is 0 Å². The number of hydrogen-bond acceptors (Lipinski definition) is 3. The molecule has 0 aromatic heterocycles. The molecule has 2 aromatic rings. The Hall–Kier alpha value is -3.09. The van der Waals surface area contributed by atoms with E-state index in [9.17, 15) is 0 Å². The molecule has 0 heterocycles. The third kappa shape index (κ3) is 6.60. The van der Waals surface area contributed by atoms with Crippen LogP contribution in [0.3, 0.4) is 0 Å². The van der Waals surface area contributed by atoms with Crippen molar-refractivity contribution in [3.05, 3.63) is 76.0 Å². The second-order valence-corrected chi connectivity index (χ2v) is 3.62. The zero-order valence-corrected chi connectivity index (χ0v) is 10.5. The van der Waals surface area contributed by atoms with Crippen molar-refractivity contribution in [3.8, 4) is 0 Å². The van der Waals surface area contributed by atoms with Crippen molar-refractivity contribution < 1.29 is 10.1 Å². The number of benzene rings is 2. The lowest BCUT2D eigenvalue weighted by Gasteiger charge is -1.98. The molecule has 104 valence electrons. The first-order valence-corrected chi connectivity index (χ1v) is 5.66. The van der Waals surface area contributed by atoms with Crippen LogP contribution in [0.15, 0.2) is 60.7 Å². The summed E-state index contributed by atoms with van der Waals surface area (Å²) in [5, 5.41) is 17.8. The van der Waals surface area contributed by atoms with Gasteiger partial charge >= 0.3 is 5.96 Å². The SMILES string of the molecule is NC(Nc1ccccc1)=[NH+]c1ccccc1.O=[N+]([O-])[O-]. The smallest absolute Gasteiger partial charge is 0.350 e. The van der Waals surface area contributed by atoms with Crippen LogP contribution < -0.4 is 16.0 Å². The van der Waals surface area contributed by atoms with E-state index in [4.69, 9.17) is 21.1 Å². The van der Waals surface area contributed by atoms with E-state index in [1.807, 2.05) is 60.7 Å². The average Bonchev–Trinajstić information content (AvgIpc) is 2.40. The molecule has 0 aliphatic carbocycles. The van der Waals surface area contributed by atoms with Crippen LogP contribution in [0.1, 0.15) is 0 Å². The average molecular weight is 274 g/mol. The van der Waals surface area contributed by atoms with Crippen LogP contribution in [0.2, 0.25) is 0 Å². The lowest BCUT2D eigenvalue weighted by molar-refractivity contribution is -0.402. The molecule has 0 spiro atoms.